The van der Waals surface area contributed by atoms with E-state index in [0.29, 0.717) is 0 Å². The molecule has 130 valence electrons. The lowest BCUT2D eigenvalue weighted by atomic mass is 10.0. The van der Waals surface area contributed by atoms with Crippen molar-refractivity contribution in [2.24, 2.45) is 4.99 Å². The van der Waals surface area contributed by atoms with Crippen LogP contribution in [0.1, 0.15) is 43.9 Å². The van der Waals surface area contributed by atoms with Crippen molar-refractivity contribution in [1.82, 2.24) is 15.5 Å². The molecule has 2 heterocycles. The Bertz CT molecular complexity index is 444. The van der Waals surface area contributed by atoms with Crippen molar-refractivity contribution in [3.63, 3.8) is 0 Å². The number of hydrogen-bond donors (Lipinski definition) is 2. The molecule has 0 bridgehead atoms. The predicted molar refractivity (Wildman–Crippen MR) is 102 cm³/mol. The Hall–Kier alpha value is -1.07. The second kappa shape index (κ2) is 10.7. The summed E-state index contributed by atoms with van der Waals surface area (Å²) in [7, 11) is 1.84. The van der Waals surface area contributed by atoms with E-state index in [-0.39, 0.29) is 0 Å². The Labute approximate surface area is 145 Å². The fourth-order valence-electron chi connectivity index (χ4n) is 3.12. The molecule has 0 saturated carbocycles. The number of nitrogens with one attached hydrogen (secondary N) is 2. The van der Waals surface area contributed by atoms with E-state index in [1.807, 2.05) is 18.4 Å². The number of nitrogens with zero attached hydrogens (tertiary/aromatic N) is 2. The average molecular weight is 337 g/mol. The average Bonchev–Trinajstić information content (AvgIpc) is 3.08. The summed E-state index contributed by atoms with van der Waals surface area (Å²) in [6, 6.07) is 5.07. The highest BCUT2D eigenvalue weighted by molar-refractivity contribution is 7.09. The van der Waals surface area contributed by atoms with Crippen molar-refractivity contribution < 1.29 is 0 Å². The largest absolute Gasteiger partial charge is 0.356 e. The standard InChI is InChI=1S/C18H32N4S/c1-16-8-3-5-13-22(16)14-6-4-11-20-18(19-2)21-12-10-17-9-7-15-23-17/h7,9,15-16H,3-6,8,10-14H2,1-2H3,(H2,19,20,21). The Kier molecular flexibility index (Phi) is 8.47. The van der Waals surface area contributed by atoms with E-state index in [0.717, 1.165) is 31.5 Å². The van der Waals surface area contributed by atoms with Gasteiger partial charge in [-0.05, 0) is 63.6 Å². The monoisotopic (exact) mass is 336 g/mol. The maximum atomic E-state index is 4.29. The minimum absolute atomic E-state index is 0.781. The molecule has 1 aromatic rings. The van der Waals surface area contributed by atoms with Crippen LogP contribution < -0.4 is 10.6 Å². The zero-order valence-electron chi connectivity index (χ0n) is 14.7. The Morgan fingerprint density at radius 2 is 2.17 bits per heavy atom. The van der Waals surface area contributed by atoms with Gasteiger partial charge in [0.15, 0.2) is 5.96 Å². The van der Waals surface area contributed by atoms with Gasteiger partial charge in [-0.1, -0.05) is 12.5 Å². The van der Waals surface area contributed by atoms with Crippen LogP contribution in [0.3, 0.4) is 0 Å². The first-order valence-corrected chi connectivity index (χ1v) is 9.88. The van der Waals surface area contributed by atoms with E-state index in [1.165, 1.54) is 50.1 Å². The molecule has 0 aliphatic carbocycles. The van der Waals surface area contributed by atoms with Crippen LogP contribution in [0.5, 0.6) is 0 Å². The molecule has 0 radical (unpaired) electrons. The summed E-state index contributed by atoms with van der Waals surface area (Å²) in [5.41, 5.74) is 0. The molecule has 2 rings (SSSR count). The first kappa shape index (κ1) is 18.3. The smallest absolute Gasteiger partial charge is 0.190 e. The van der Waals surface area contributed by atoms with Crippen molar-refractivity contribution in [2.75, 3.05) is 33.2 Å². The van der Waals surface area contributed by atoms with Crippen molar-refractivity contribution >= 4 is 17.3 Å². The van der Waals surface area contributed by atoms with Gasteiger partial charge in [0.25, 0.3) is 0 Å². The van der Waals surface area contributed by atoms with Crippen LogP contribution in [0.25, 0.3) is 0 Å². The molecule has 0 aromatic carbocycles. The fraction of sp³-hybridized carbons (Fsp3) is 0.722. The van der Waals surface area contributed by atoms with Gasteiger partial charge < -0.3 is 15.5 Å². The third kappa shape index (κ3) is 6.92. The third-order valence-electron chi connectivity index (χ3n) is 4.57. The summed E-state index contributed by atoms with van der Waals surface area (Å²) >= 11 is 1.82. The lowest BCUT2D eigenvalue weighted by Gasteiger charge is -2.33. The third-order valence-corrected chi connectivity index (χ3v) is 5.51. The molecule has 1 aromatic heterocycles. The van der Waals surface area contributed by atoms with Gasteiger partial charge in [-0.15, -0.1) is 11.3 Å². The summed E-state index contributed by atoms with van der Waals surface area (Å²) in [5, 5.41) is 8.94. The van der Waals surface area contributed by atoms with Gasteiger partial charge >= 0.3 is 0 Å². The molecule has 1 unspecified atom stereocenters. The van der Waals surface area contributed by atoms with Gasteiger partial charge in [0, 0.05) is 31.1 Å². The summed E-state index contributed by atoms with van der Waals surface area (Å²) in [6.07, 6.45) is 7.69. The molecule has 23 heavy (non-hydrogen) atoms. The minimum atomic E-state index is 0.781. The summed E-state index contributed by atoms with van der Waals surface area (Å²) < 4.78 is 0. The zero-order valence-corrected chi connectivity index (χ0v) is 15.5. The quantitative estimate of drug-likeness (QED) is 0.435. The molecule has 1 atom stereocenters. The molecule has 5 heteroatoms. The maximum Gasteiger partial charge on any atom is 0.190 e. The van der Waals surface area contributed by atoms with E-state index >= 15 is 0 Å². The second-order valence-electron chi connectivity index (χ2n) is 6.34. The SMILES string of the molecule is CN=C(NCCCCN1CCCCC1C)NCCc1cccs1. The number of guanidine groups is 1. The predicted octanol–water partition coefficient (Wildman–Crippen LogP) is 3.11. The lowest BCUT2D eigenvalue weighted by Crippen LogP contribution is -2.40. The topological polar surface area (TPSA) is 39.7 Å². The van der Waals surface area contributed by atoms with E-state index < -0.39 is 0 Å². The molecule has 0 amide bonds. The maximum absolute atomic E-state index is 4.29. The van der Waals surface area contributed by atoms with Gasteiger partial charge in [0.1, 0.15) is 0 Å². The van der Waals surface area contributed by atoms with E-state index in [1.54, 1.807) is 0 Å². The second-order valence-corrected chi connectivity index (χ2v) is 7.38. The van der Waals surface area contributed by atoms with Crippen LogP contribution in [0.4, 0.5) is 0 Å². The van der Waals surface area contributed by atoms with Crippen LogP contribution in [-0.2, 0) is 6.42 Å². The first-order valence-electron chi connectivity index (χ1n) is 9.00. The Morgan fingerprint density at radius 3 is 2.91 bits per heavy atom. The van der Waals surface area contributed by atoms with E-state index in [9.17, 15) is 0 Å². The number of thiophene rings is 1. The van der Waals surface area contributed by atoms with Gasteiger partial charge in [-0.25, -0.2) is 0 Å². The summed E-state index contributed by atoms with van der Waals surface area (Å²) in [4.78, 5) is 8.36. The molecule has 1 fully saturated rings. The van der Waals surface area contributed by atoms with Gasteiger partial charge in [-0.3, -0.25) is 4.99 Å². The normalized spacial score (nSPS) is 19.7. The molecule has 1 aliphatic heterocycles. The van der Waals surface area contributed by atoms with Gasteiger partial charge in [-0.2, -0.15) is 0 Å². The highest BCUT2D eigenvalue weighted by atomic mass is 32.1. The van der Waals surface area contributed by atoms with Crippen LogP contribution >= 0.6 is 11.3 Å². The Balaban J connectivity index is 1.51. The van der Waals surface area contributed by atoms with Gasteiger partial charge in [0.05, 0.1) is 0 Å². The number of hydrogen-bond acceptors (Lipinski definition) is 3. The first-order chi connectivity index (χ1) is 11.3. The van der Waals surface area contributed by atoms with E-state index in [2.05, 4.69) is 45.0 Å². The van der Waals surface area contributed by atoms with Crippen molar-refractivity contribution in [2.45, 2.75) is 51.5 Å². The number of rotatable bonds is 8. The highest BCUT2D eigenvalue weighted by Crippen LogP contribution is 2.16. The number of unbranched alkanes of at least 4 members (excludes halogenated alkanes) is 1. The van der Waals surface area contributed by atoms with Crippen LogP contribution in [0.2, 0.25) is 0 Å². The highest BCUT2D eigenvalue weighted by Gasteiger charge is 2.16. The lowest BCUT2D eigenvalue weighted by molar-refractivity contribution is 0.158. The van der Waals surface area contributed by atoms with Crippen molar-refractivity contribution in [3.8, 4) is 0 Å². The van der Waals surface area contributed by atoms with Crippen LogP contribution in [0, 0.1) is 0 Å². The Morgan fingerprint density at radius 1 is 1.30 bits per heavy atom. The van der Waals surface area contributed by atoms with Crippen molar-refractivity contribution in [3.05, 3.63) is 22.4 Å². The van der Waals surface area contributed by atoms with Crippen molar-refractivity contribution in [1.29, 1.82) is 0 Å². The number of aliphatic imine (C=N–C) groups is 1. The molecule has 1 saturated heterocycles. The fourth-order valence-corrected chi connectivity index (χ4v) is 3.82. The molecule has 4 nitrogen and oxygen atoms in total. The summed E-state index contributed by atoms with van der Waals surface area (Å²) in [5.74, 6) is 0.924. The number of piperidine rings is 1. The summed E-state index contributed by atoms with van der Waals surface area (Å²) in [6.45, 7) is 6.84. The molecule has 1 aliphatic rings. The molecular formula is C18H32N4S. The minimum Gasteiger partial charge on any atom is -0.356 e. The van der Waals surface area contributed by atoms with E-state index in [4.69, 9.17) is 0 Å². The zero-order chi connectivity index (χ0) is 16.3. The van der Waals surface area contributed by atoms with Crippen LogP contribution in [0.15, 0.2) is 22.5 Å². The van der Waals surface area contributed by atoms with Crippen LogP contribution in [-0.4, -0.2) is 50.1 Å². The molecular weight excluding hydrogens is 304 g/mol. The molecule has 0 spiro atoms. The molecule has 2 N–H and O–H groups in total. The van der Waals surface area contributed by atoms with Gasteiger partial charge in [0.2, 0.25) is 0 Å². The number of likely N-dealkylation sites (tertiary alicyclic amines) is 1.